The third-order valence-electron chi connectivity index (χ3n) is 2.31. The van der Waals surface area contributed by atoms with Crippen LogP contribution < -0.4 is 5.32 Å². The van der Waals surface area contributed by atoms with E-state index in [0.717, 1.165) is 26.2 Å². The fraction of sp³-hybridized carbons (Fsp3) is 0.909. The van der Waals surface area contributed by atoms with Gasteiger partial charge in [0.2, 0.25) is 0 Å². The number of carbonyl (C=O) groups is 1. The Morgan fingerprint density at radius 1 is 1.33 bits per heavy atom. The smallest absolute Gasteiger partial charge is 0.251 e. The highest BCUT2D eigenvalue weighted by atomic mass is 16.5. The van der Waals surface area contributed by atoms with E-state index in [1.165, 1.54) is 0 Å². The second kappa shape index (κ2) is 4.94. The highest BCUT2D eigenvalue weighted by molar-refractivity contribution is 5.80. The van der Waals surface area contributed by atoms with Crippen molar-refractivity contribution in [3.05, 3.63) is 0 Å². The second-order valence-corrected chi connectivity index (χ2v) is 4.95. The Morgan fingerprint density at radius 2 is 1.87 bits per heavy atom. The Hall–Kier alpha value is -0.610. The number of hydrogen-bond acceptors (Lipinski definition) is 3. The average molecular weight is 214 g/mol. The molecule has 1 saturated heterocycles. The minimum absolute atomic E-state index is 0.103. The van der Waals surface area contributed by atoms with Crippen molar-refractivity contribution in [1.29, 1.82) is 0 Å². The van der Waals surface area contributed by atoms with Gasteiger partial charge in [-0.2, -0.15) is 0 Å². The lowest BCUT2D eigenvalue weighted by Gasteiger charge is -2.32. The highest BCUT2D eigenvalue weighted by Gasteiger charge is 2.26. The zero-order chi connectivity index (χ0) is 11.5. The fourth-order valence-electron chi connectivity index (χ4n) is 1.72. The van der Waals surface area contributed by atoms with E-state index in [4.69, 9.17) is 4.74 Å². The van der Waals surface area contributed by atoms with Crippen molar-refractivity contribution in [3.8, 4) is 0 Å². The van der Waals surface area contributed by atoms with Gasteiger partial charge in [-0.3, -0.25) is 4.79 Å². The Bertz CT molecular complexity index is 217. The molecule has 0 aliphatic carbocycles. The Kier molecular flexibility index (Phi) is 4.11. The SMILES string of the molecule is CC(OC(C)(C)C)C(=O)N1CCNCC1. The van der Waals surface area contributed by atoms with E-state index >= 15 is 0 Å². The second-order valence-electron chi connectivity index (χ2n) is 4.95. The van der Waals surface area contributed by atoms with Crippen molar-refractivity contribution in [2.75, 3.05) is 26.2 Å². The summed E-state index contributed by atoms with van der Waals surface area (Å²) in [5.41, 5.74) is -0.261. The van der Waals surface area contributed by atoms with E-state index in [2.05, 4.69) is 5.32 Å². The van der Waals surface area contributed by atoms with Crippen LogP contribution in [-0.4, -0.2) is 48.7 Å². The number of rotatable bonds is 2. The van der Waals surface area contributed by atoms with E-state index in [1.807, 2.05) is 32.6 Å². The third kappa shape index (κ3) is 4.18. The molecule has 0 spiro atoms. The van der Waals surface area contributed by atoms with Crippen molar-refractivity contribution in [3.63, 3.8) is 0 Å². The molecule has 4 nitrogen and oxygen atoms in total. The molecule has 1 heterocycles. The molecular weight excluding hydrogens is 192 g/mol. The van der Waals surface area contributed by atoms with Crippen molar-refractivity contribution < 1.29 is 9.53 Å². The first kappa shape index (κ1) is 12.5. The van der Waals surface area contributed by atoms with Gasteiger partial charge in [0.1, 0.15) is 6.10 Å². The summed E-state index contributed by atoms with van der Waals surface area (Å²) >= 11 is 0. The van der Waals surface area contributed by atoms with Crippen LogP contribution >= 0.6 is 0 Å². The summed E-state index contributed by atoms with van der Waals surface area (Å²) in [6.45, 7) is 11.1. The molecule has 0 aromatic rings. The van der Waals surface area contributed by atoms with Gasteiger partial charge in [0, 0.05) is 26.2 Å². The summed E-state index contributed by atoms with van der Waals surface area (Å²) in [6, 6.07) is 0. The number of ether oxygens (including phenoxy) is 1. The standard InChI is InChI=1S/C11H22N2O2/c1-9(15-11(2,3)4)10(14)13-7-5-12-6-8-13/h9,12H,5-8H2,1-4H3. The molecule has 1 aliphatic rings. The largest absolute Gasteiger partial charge is 0.363 e. The van der Waals surface area contributed by atoms with Crippen LogP contribution in [0.1, 0.15) is 27.7 Å². The number of nitrogens with zero attached hydrogens (tertiary/aromatic N) is 1. The summed E-state index contributed by atoms with van der Waals surface area (Å²) in [5.74, 6) is 0.103. The van der Waals surface area contributed by atoms with E-state index in [-0.39, 0.29) is 17.6 Å². The summed E-state index contributed by atoms with van der Waals surface area (Å²) in [5, 5.41) is 3.22. The van der Waals surface area contributed by atoms with Crippen molar-refractivity contribution in [1.82, 2.24) is 10.2 Å². The molecule has 0 radical (unpaired) electrons. The first-order valence-corrected chi connectivity index (χ1v) is 5.57. The minimum atomic E-state index is -0.344. The lowest BCUT2D eigenvalue weighted by Crippen LogP contribution is -2.50. The normalized spacial score (nSPS) is 20.1. The van der Waals surface area contributed by atoms with Crippen LogP contribution in [0.2, 0.25) is 0 Å². The van der Waals surface area contributed by atoms with Gasteiger partial charge in [-0.1, -0.05) is 0 Å². The van der Waals surface area contributed by atoms with Crippen molar-refractivity contribution in [2.45, 2.75) is 39.4 Å². The third-order valence-corrected chi connectivity index (χ3v) is 2.31. The molecule has 1 N–H and O–H groups in total. The van der Waals surface area contributed by atoms with Gasteiger partial charge in [0.05, 0.1) is 5.60 Å². The van der Waals surface area contributed by atoms with E-state index in [9.17, 15) is 4.79 Å². The van der Waals surface area contributed by atoms with E-state index in [0.29, 0.717) is 0 Å². The number of amides is 1. The molecule has 1 rings (SSSR count). The number of carbonyl (C=O) groups excluding carboxylic acids is 1. The van der Waals surface area contributed by atoms with Gasteiger partial charge in [0.15, 0.2) is 0 Å². The van der Waals surface area contributed by atoms with Crippen LogP contribution in [0.5, 0.6) is 0 Å². The zero-order valence-corrected chi connectivity index (χ0v) is 10.2. The number of nitrogens with one attached hydrogen (secondary N) is 1. The van der Waals surface area contributed by atoms with Gasteiger partial charge in [-0.15, -0.1) is 0 Å². The molecule has 1 amide bonds. The molecular formula is C11H22N2O2. The topological polar surface area (TPSA) is 41.6 Å². The zero-order valence-electron chi connectivity index (χ0n) is 10.2. The number of piperazine rings is 1. The Balaban J connectivity index is 2.44. The fourth-order valence-corrected chi connectivity index (χ4v) is 1.72. The molecule has 0 aromatic heterocycles. The first-order chi connectivity index (χ1) is 6.90. The quantitative estimate of drug-likeness (QED) is 0.733. The summed E-state index contributed by atoms with van der Waals surface area (Å²) in [4.78, 5) is 13.8. The highest BCUT2D eigenvalue weighted by Crippen LogP contribution is 2.12. The Morgan fingerprint density at radius 3 is 2.33 bits per heavy atom. The molecule has 0 bridgehead atoms. The van der Waals surface area contributed by atoms with Crippen LogP contribution in [-0.2, 0) is 9.53 Å². The van der Waals surface area contributed by atoms with Gasteiger partial charge < -0.3 is 15.0 Å². The predicted molar refractivity (Wildman–Crippen MR) is 59.7 cm³/mol. The molecule has 0 aromatic carbocycles. The van der Waals surface area contributed by atoms with Gasteiger partial charge >= 0.3 is 0 Å². The molecule has 0 saturated carbocycles. The van der Waals surface area contributed by atoms with Gasteiger partial charge in [0.25, 0.3) is 5.91 Å². The lowest BCUT2D eigenvalue weighted by atomic mass is 10.2. The molecule has 1 aliphatic heterocycles. The maximum absolute atomic E-state index is 11.9. The van der Waals surface area contributed by atoms with Crippen molar-refractivity contribution in [2.24, 2.45) is 0 Å². The predicted octanol–water partition coefficient (Wildman–Crippen LogP) is 0.622. The van der Waals surface area contributed by atoms with E-state index in [1.54, 1.807) is 0 Å². The van der Waals surface area contributed by atoms with Crippen LogP contribution in [0.25, 0.3) is 0 Å². The van der Waals surface area contributed by atoms with E-state index < -0.39 is 0 Å². The summed E-state index contributed by atoms with van der Waals surface area (Å²) in [6.07, 6.45) is -0.344. The average Bonchev–Trinajstić information content (AvgIpc) is 2.15. The number of hydrogen-bond donors (Lipinski definition) is 1. The molecule has 1 atom stereocenters. The van der Waals surface area contributed by atoms with Crippen LogP contribution in [0.4, 0.5) is 0 Å². The Labute approximate surface area is 92.0 Å². The van der Waals surface area contributed by atoms with Crippen LogP contribution in [0, 0.1) is 0 Å². The van der Waals surface area contributed by atoms with Crippen LogP contribution in [0.3, 0.4) is 0 Å². The first-order valence-electron chi connectivity index (χ1n) is 5.57. The summed E-state index contributed by atoms with van der Waals surface area (Å²) < 4.78 is 5.64. The molecule has 1 unspecified atom stereocenters. The van der Waals surface area contributed by atoms with Crippen molar-refractivity contribution >= 4 is 5.91 Å². The molecule has 88 valence electrons. The molecule has 4 heteroatoms. The van der Waals surface area contributed by atoms with Crippen LogP contribution in [0.15, 0.2) is 0 Å². The lowest BCUT2D eigenvalue weighted by molar-refractivity contribution is -0.151. The maximum Gasteiger partial charge on any atom is 0.251 e. The molecule has 15 heavy (non-hydrogen) atoms. The molecule has 1 fully saturated rings. The van der Waals surface area contributed by atoms with Gasteiger partial charge in [-0.25, -0.2) is 0 Å². The monoisotopic (exact) mass is 214 g/mol. The summed E-state index contributed by atoms with van der Waals surface area (Å²) in [7, 11) is 0. The van der Waals surface area contributed by atoms with Gasteiger partial charge in [-0.05, 0) is 27.7 Å². The maximum atomic E-state index is 11.9. The minimum Gasteiger partial charge on any atom is -0.363 e.